The van der Waals surface area contributed by atoms with E-state index in [1.165, 1.54) is 0 Å². The van der Waals surface area contributed by atoms with Crippen molar-refractivity contribution in [1.29, 1.82) is 5.26 Å². The van der Waals surface area contributed by atoms with Crippen LogP contribution in [-0.4, -0.2) is 29.3 Å². The van der Waals surface area contributed by atoms with Crippen LogP contribution in [0.3, 0.4) is 0 Å². The molecule has 2 aromatic rings. The second-order valence-electron chi connectivity index (χ2n) is 7.06. The molecular formula is C18H23N4P. The van der Waals surface area contributed by atoms with Crippen LogP contribution in [0.5, 0.6) is 0 Å². The summed E-state index contributed by atoms with van der Waals surface area (Å²) in [6, 6.07) is 10.3. The summed E-state index contributed by atoms with van der Waals surface area (Å²) in [6.45, 7) is 6.31. The van der Waals surface area contributed by atoms with Crippen LogP contribution in [-0.2, 0) is 0 Å². The predicted molar refractivity (Wildman–Crippen MR) is 98.5 cm³/mol. The van der Waals surface area contributed by atoms with E-state index in [4.69, 9.17) is 5.73 Å². The second-order valence-corrected chi connectivity index (χ2v) is 8.55. The molecule has 0 bridgehead atoms. The number of hydrogen-bond acceptors (Lipinski definition) is 4. The Bertz CT molecular complexity index is 760. The van der Waals surface area contributed by atoms with Crippen molar-refractivity contribution in [3.63, 3.8) is 0 Å². The maximum atomic E-state index is 9.30. The molecule has 3 atom stereocenters. The number of rotatable bonds is 2. The highest BCUT2D eigenvalue weighted by atomic mass is 31.0. The maximum absolute atomic E-state index is 9.30. The number of aromatic nitrogens is 1. The van der Waals surface area contributed by atoms with Gasteiger partial charge in [0, 0.05) is 36.4 Å². The van der Waals surface area contributed by atoms with E-state index in [2.05, 4.69) is 39.0 Å². The SMILES string of the molecule is CC(C)(P)C1CC(N)CN(c2ccc(C#N)c3ncccc23)C1. The highest BCUT2D eigenvalue weighted by Crippen LogP contribution is 2.37. The molecule has 23 heavy (non-hydrogen) atoms. The molecule has 0 amide bonds. The zero-order valence-corrected chi connectivity index (χ0v) is 14.8. The number of fused-ring (bicyclic) bond motifs is 1. The Labute approximate surface area is 139 Å². The van der Waals surface area contributed by atoms with E-state index >= 15 is 0 Å². The summed E-state index contributed by atoms with van der Waals surface area (Å²) in [5.41, 5.74) is 8.85. The van der Waals surface area contributed by atoms with Crippen LogP contribution in [0, 0.1) is 17.2 Å². The minimum absolute atomic E-state index is 0.150. The van der Waals surface area contributed by atoms with Crippen LogP contribution in [0.1, 0.15) is 25.8 Å². The fourth-order valence-electron chi connectivity index (χ4n) is 3.40. The number of nitrogens with two attached hydrogens (primary N) is 1. The van der Waals surface area contributed by atoms with E-state index < -0.39 is 0 Å². The molecule has 2 N–H and O–H groups in total. The van der Waals surface area contributed by atoms with Crippen LogP contribution < -0.4 is 10.6 Å². The average molecular weight is 326 g/mol. The normalized spacial score (nSPS) is 22.1. The van der Waals surface area contributed by atoms with Crippen molar-refractivity contribution in [2.75, 3.05) is 18.0 Å². The van der Waals surface area contributed by atoms with E-state index in [1.54, 1.807) is 6.20 Å². The molecule has 0 saturated carbocycles. The highest BCUT2D eigenvalue weighted by Gasteiger charge is 2.33. The molecule has 5 heteroatoms. The van der Waals surface area contributed by atoms with Crippen LogP contribution in [0.4, 0.5) is 5.69 Å². The number of nitriles is 1. The summed E-state index contributed by atoms with van der Waals surface area (Å²) in [6.07, 6.45) is 2.78. The first kappa shape index (κ1) is 16.2. The third-order valence-corrected chi connectivity index (χ3v) is 5.21. The molecule has 1 aromatic heterocycles. The molecule has 0 spiro atoms. The summed E-state index contributed by atoms with van der Waals surface area (Å²) in [7, 11) is 2.96. The summed E-state index contributed by atoms with van der Waals surface area (Å²) in [5.74, 6) is 0.513. The molecule has 1 aliphatic heterocycles. The Morgan fingerprint density at radius 2 is 2.13 bits per heavy atom. The van der Waals surface area contributed by atoms with Crippen molar-refractivity contribution in [3.05, 3.63) is 36.0 Å². The Balaban J connectivity index is 2.05. The number of benzene rings is 1. The Morgan fingerprint density at radius 1 is 1.35 bits per heavy atom. The van der Waals surface area contributed by atoms with Crippen LogP contribution in [0.15, 0.2) is 30.5 Å². The lowest BCUT2D eigenvalue weighted by Gasteiger charge is -2.43. The van der Waals surface area contributed by atoms with E-state index in [-0.39, 0.29) is 11.2 Å². The van der Waals surface area contributed by atoms with Crippen molar-refractivity contribution < 1.29 is 0 Å². The highest BCUT2D eigenvalue weighted by molar-refractivity contribution is 7.18. The predicted octanol–water partition coefficient (Wildman–Crippen LogP) is 2.91. The van der Waals surface area contributed by atoms with Crippen molar-refractivity contribution in [3.8, 4) is 6.07 Å². The van der Waals surface area contributed by atoms with E-state index in [0.717, 1.165) is 36.1 Å². The van der Waals surface area contributed by atoms with E-state index in [1.807, 2.05) is 24.3 Å². The van der Waals surface area contributed by atoms with Gasteiger partial charge in [-0.15, -0.1) is 9.24 Å². The topological polar surface area (TPSA) is 65.9 Å². The molecular weight excluding hydrogens is 303 g/mol. The smallest absolute Gasteiger partial charge is 0.101 e. The molecule has 2 heterocycles. The molecule has 1 aromatic carbocycles. The monoisotopic (exact) mass is 326 g/mol. The van der Waals surface area contributed by atoms with Crippen LogP contribution in [0.25, 0.3) is 10.9 Å². The molecule has 0 aliphatic carbocycles. The number of pyridine rings is 1. The number of nitrogens with zero attached hydrogens (tertiary/aromatic N) is 3. The first-order chi connectivity index (χ1) is 10.9. The van der Waals surface area contributed by atoms with Gasteiger partial charge in [-0.2, -0.15) is 5.26 Å². The third-order valence-electron chi connectivity index (χ3n) is 4.74. The van der Waals surface area contributed by atoms with Crippen LogP contribution in [0.2, 0.25) is 0 Å². The molecule has 1 saturated heterocycles. The standard InChI is InChI=1S/C18H23N4P/c1-18(2,23)13-8-14(20)11-22(10-13)16-6-5-12(9-19)17-15(16)4-3-7-21-17/h3-7,13-14H,8,10-11,20,23H2,1-2H3. The first-order valence-electron chi connectivity index (χ1n) is 7.97. The molecule has 1 aliphatic rings. The van der Waals surface area contributed by atoms with Gasteiger partial charge >= 0.3 is 0 Å². The summed E-state index contributed by atoms with van der Waals surface area (Å²) < 4.78 is 0. The zero-order valence-electron chi connectivity index (χ0n) is 13.7. The van der Waals surface area contributed by atoms with E-state index in [0.29, 0.717) is 11.5 Å². The van der Waals surface area contributed by atoms with Gasteiger partial charge < -0.3 is 10.6 Å². The fraction of sp³-hybridized carbons (Fsp3) is 0.444. The third kappa shape index (κ3) is 3.17. The average Bonchev–Trinajstić information content (AvgIpc) is 2.52. The number of hydrogen-bond donors (Lipinski definition) is 1. The fourth-order valence-corrected chi connectivity index (χ4v) is 3.64. The second kappa shape index (κ2) is 6.07. The van der Waals surface area contributed by atoms with Gasteiger partial charge in [-0.1, -0.05) is 13.8 Å². The van der Waals surface area contributed by atoms with Gasteiger partial charge in [0.1, 0.15) is 6.07 Å². The van der Waals surface area contributed by atoms with Crippen molar-refractivity contribution in [2.45, 2.75) is 31.5 Å². The lowest BCUT2D eigenvalue weighted by atomic mass is 9.84. The van der Waals surface area contributed by atoms with E-state index in [9.17, 15) is 5.26 Å². The molecule has 4 nitrogen and oxygen atoms in total. The Kier molecular flexibility index (Phi) is 4.27. The quantitative estimate of drug-likeness (QED) is 0.862. The van der Waals surface area contributed by atoms with Gasteiger partial charge in [-0.3, -0.25) is 4.98 Å². The zero-order chi connectivity index (χ0) is 16.6. The summed E-state index contributed by atoms with van der Waals surface area (Å²) >= 11 is 0. The molecule has 1 fully saturated rings. The Hall–Kier alpha value is -1.69. The van der Waals surface area contributed by atoms with Gasteiger partial charge in [-0.05, 0) is 41.8 Å². The minimum atomic E-state index is 0.150. The number of piperidine rings is 1. The van der Waals surface area contributed by atoms with Gasteiger partial charge in [0.25, 0.3) is 0 Å². The molecule has 3 unspecified atom stereocenters. The minimum Gasteiger partial charge on any atom is -0.369 e. The first-order valence-corrected chi connectivity index (χ1v) is 8.55. The van der Waals surface area contributed by atoms with Crippen molar-refractivity contribution >= 4 is 25.8 Å². The van der Waals surface area contributed by atoms with Crippen molar-refractivity contribution in [1.82, 2.24) is 4.98 Å². The van der Waals surface area contributed by atoms with Gasteiger partial charge in [0.15, 0.2) is 0 Å². The molecule has 120 valence electrons. The van der Waals surface area contributed by atoms with Gasteiger partial charge in [0.2, 0.25) is 0 Å². The van der Waals surface area contributed by atoms with Crippen molar-refractivity contribution in [2.24, 2.45) is 11.7 Å². The number of anilines is 1. The lowest BCUT2D eigenvalue weighted by molar-refractivity contribution is 0.322. The molecule has 3 rings (SSSR count). The summed E-state index contributed by atoms with van der Waals surface area (Å²) in [4.78, 5) is 6.77. The molecule has 0 radical (unpaired) electrons. The Morgan fingerprint density at radius 3 is 2.83 bits per heavy atom. The maximum Gasteiger partial charge on any atom is 0.101 e. The largest absolute Gasteiger partial charge is 0.369 e. The summed E-state index contributed by atoms with van der Waals surface area (Å²) in [5, 5.41) is 10.5. The lowest BCUT2D eigenvalue weighted by Crippen LogP contribution is -2.51. The van der Waals surface area contributed by atoms with Gasteiger partial charge in [0.05, 0.1) is 11.1 Å². The van der Waals surface area contributed by atoms with Gasteiger partial charge in [-0.25, -0.2) is 0 Å². The van der Waals surface area contributed by atoms with Crippen LogP contribution >= 0.6 is 9.24 Å².